The fraction of sp³-hybridized carbons (Fsp3) is 0. The highest BCUT2D eigenvalue weighted by Crippen LogP contribution is 2.21. The summed E-state index contributed by atoms with van der Waals surface area (Å²) in [5, 5.41) is 9.08. The lowest BCUT2D eigenvalue weighted by molar-refractivity contribution is 0.0685. The van der Waals surface area contributed by atoms with Gasteiger partial charge >= 0.3 is 5.97 Å². The number of rotatable bonds is 2. The number of hydrogen-bond donors (Lipinski definition) is 1. The first-order chi connectivity index (χ1) is 7.16. The molecule has 4 nitrogen and oxygen atoms in total. The maximum Gasteiger partial charge on any atom is 0.375 e. The summed E-state index contributed by atoms with van der Waals surface area (Å²) in [6.45, 7) is 0. The molecule has 0 amide bonds. The Hall–Kier alpha value is -1.82. The van der Waals surface area contributed by atoms with Crippen molar-refractivity contribution in [3.05, 3.63) is 35.9 Å². The van der Waals surface area contributed by atoms with Crippen molar-refractivity contribution in [3.63, 3.8) is 0 Å². The van der Waals surface area contributed by atoms with Crippen molar-refractivity contribution in [3.8, 4) is 10.6 Å². The quantitative estimate of drug-likeness (QED) is 0.847. The lowest BCUT2D eigenvalue weighted by atomic mass is 10.2. The monoisotopic (exact) mass is 224 g/mol. The van der Waals surface area contributed by atoms with E-state index in [-0.39, 0.29) is 11.6 Å². The molecule has 0 atom stereocenters. The second kappa shape index (κ2) is 3.74. The fourth-order valence-corrected chi connectivity index (χ4v) is 1.68. The molecule has 0 radical (unpaired) electrons. The lowest BCUT2D eigenvalue weighted by Crippen LogP contribution is -1.98. The van der Waals surface area contributed by atoms with Crippen molar-refractivity contribution in [2.75, 3.05) is 0 Å². The van der Waals surface area contributed by atoms with Crippen LogP contribution in [0.3, 0.4) is 0 Å². The third-order valence-electron chi connectivity index (χ3n) is 1.71. The van der Waals surface area contributed by atoms with Crippen molar-refractivity contribution in [2.45, 2.75) is 0 Å². The fourth-order valence-electron chi connectivity index (χ4n) is 1.02. The van der Waals surface area contributed by atoms with E-state index in [1.807, 2.05) is 0 Å². The van der Waals surface area contributed by atoms with Gasteiger partial charge in [0.1, 0.15) is 10.8 Å². The predicted molar refractivity (Wildman–Crippen MR) is 52.3 cm³/mol. The number of benzene rings is 1. The van der Waals surface area contributed by atoms with E-state index in [4.69, 9.17) is 5.11 Å². The zero-order chi connectivity index (χ0) is 10.8. The van der Waals surface area contributed by atoms with Crippen LogP contribution in [-0.2, 0) is 0 Å². The first kappa shape index (κ1) is 9.72. The van der Waals surface area contributed by atoms with Crippen LogP contribution in [0.25, 0.3) is 10.6 Å². The molecule has 1 aromatic carbocycles. The second-order valence-electron chi connectivity index (χ2n) is 2.74. The highest BCUT2D eigenvalue weighted by atomic mass is 32.1. The Bertz CT molecular complexity index is 495. The number of nitrogens with zero attached hydrogens (tertiary/aromatic N) is 2. The van der Waals surface area contributed by atoms with Gasteiger partial charge in [-0.05, 0) is 35.8 Å². The summed E-state index contributed by atoms with van der Waals surface area (Å²) in [7, 11) is 0. The molecule has 2 aromatic rings. The van der Waals surface area contributed by atoms with Gasteiger partial charge in [-0.1, -0.05) is 0 Å². The van der Waals surface area contributed by atoms with Crippen LogP contribution in [0.15, 0.2) is 24.3 Å². The van der Waals surface area contributed by atoms with Crippen LogP contribution in [0, 0.1) is 5.82 Å². The van der Waals surface area contributed by atoms with Gasteiger partial charge in [0.15, 0.2) is 0 Å². The maximum atomic E-state index is 12.6. The minimum atomic E-state index is -1.17. The molecule has 1 aromatic heterocycles. The first-order valence-corrected chi connectivity index (χ1v) is 4.77. The van der Waals surface area contributed by atoms with E-state index >= 15 is 0 Å². The summed E-state index contributed by atoms with van der Waals surface area (Å²) in [5.41, 5.74) is 0.654. The molecule has 1 heterocycles. The van der Waals surface area contributed by atoms with Crippen molar-refractivity contribution in [2.24, 2.45) is 0 Å². The SMILES string of the molecule is O=C(O)c1nsc(-c2ccc(F)cc2)n1. The van der Waals surface area contributed by atoms with Crippen LogP contribution in [0.2, 0.25) is 0 Å². The summed E-state index contributed by atoms with van der Waals surface area (Å²) < 4.78 is 16.3. The summed E-state index contributed by atoms with van der Waals surface area (Å²) in [5.74, 6) is -1.75. The molecule has 76 valence electrons. The van der Waals surface area contributed by atoms with Crippen LogP contribution in [0.1, 0.15) is 10.6 Å². The lowest BCUT2D eigenvalue weighted by Gasteiger charge is -1.93. The van der Waals surface area contributed by atoms with Crippen LogP contribution >= 0.6 is 11.5 Å². The molecular weight excluding hydrogens is 219 g/mol. The average molecular weight is 224 g/mol. The molecule has 2 rings (SSSR count). The molecule has 0 fully saturated rings. The smallest absolute Gasteiger partial charge is 0.375 e. The first-order valence-electron chi connectivity index (χ1n) is 4.00. The van der Waals surface area contributed by atoms with Gasteiger partial charge in [-0.25, -0.2) is 14.2 Å². The van der Waals surface area contributed by atoms with E-state index in [1.54, 1.807) is 0 Å². The standard InChI is InChI=1S/C9H5FN2O2S/c10-6-3-1-5(2-4-6)8-11-7(9(13)14)12-15-8/h1-4H,(H,13,14). The minimum Gasteiger partial charge on any atom is -0.475 e. The molecule has 0 unspecified atom stereocenters. The third kappa shape index (κ3) is 1.99. The Morgan fingerprint density at radius 3 is 2.53 bits per heavy atom. The molecule has 0 saturated heterocycles. The normalized spacial score (nSPS) is 10.2. The Balaban J connectivity index is 2.37. The number of carbonyl (C=O) groups is 1. The zero-order valence-electron chi connectivity index (χ0n) is 7.35. The Morgan fingerprint density at radius 1 is 1.33 bits per heavy atom. The number of carboxylic acids is 1. The molecule has 0 spiro atoms. The van der Waals surface area contributed by atoms with E-state index in [9.17, 15) is 9.18 Å². The number of aromatic nitrogens is 2. The van der Waals surface area contributed by atoms with Gasteiger partial charge in [-0.2, -0.15) is 4.37 Å². The molecular formula is C9H5FN2O2S. The van der Waals surface area contributed by atoms with Gasteiger partial charge in [0, 0.05) is 5.56 Å². The third-order valence-corrected chi connectivity index (χ3v) is 2.47. The van der Waals surface area contributed by atoms with Gasteiger partial charge < -0.3 is 5.11 Å². The van der Waals surface area contributed by atoms with E-state index in [2.05, 4.69) is 9.36 Å². The summed E-state index contributed by atoms with van der Waals surface area (Å²) in [4.78, 5) is 14.3. The van der Waals surface area contributed by atoms with E-state index in [0.29, 0.717) is 10.6 Å². The summed E-state index contributed by atoms with van der Waals surface area (Å²) in [6, 6.07) is 5.64. The molecule has 6 heteroatoms. The maximum absolute atomic E-state index is 12.6. The molecule has 15 heavy (non-hydrogen) atoms. The van der Waals surface area contributed by atoms with Crippen LogP contribution in [0.4, 0.5) is 4.39 Å². The zero-order valence-corrected chi connectivity index (χ0v) is 8.16. The number of aromatic carboxylic acids is 1. The molecule has 0 aliphatic heterocycles. The topological polar surface area (TPSA) is 63.1 Å². The van der Waals surface area contributed by atoms with Crippen LogP contribution in [-0.4, -0.2) is 20.4 Å². The number of hydrogen-bond acceptors (Lipinski definition) is 4. The molecule has 0 aliphatic rings. The minimum absolute atomic E-state index is 0.237. The highest BCUT2D eigenvalue weighted by molar-refractivity contribution is 7.09. The number of carboxylic acid groups (broad SMARTS) is 1. The van der Waals surface area contributed by atoms with Crippen molar-refractivity contribution >= 4 is 17.5 Å². The molecule has 0 saturated carbocycles. The summed E-state index contributed by atoms with van der Waals surface area (Å²) in [6.07, 6.45) is 0. The van der Waals surface area contributed by atoms with Gasteiger partial charge in [0.2, 0.25) is 0 Å². The second-order valence-corrected chi connectivity index (χ2v) is 3.49. The summed E-state index contributed by atoms with van der Waals surface area (Å²) >= 11 is 0.972. The van der Waals surface area contributed by atoms with Crippen molar-refractivity contribution in [1.82, 2.24) is 9.36 Å². The Morgan fingerprint density at radius 2 is 2.00 bits per heavy atom. The van der Waals surface area contributed by atoms with E-state index in [0.717, 1.165) is 11.5 Å². The number of halogens is 1. The largest absolute Gasteiger partial charge is 0.475 e. The molecule has 0 bridgehead atoms. The molecule has 0 aliphatic carbocycles. The van der Waals surface area contributed by atoms with E-state index in [1.165, 1.54) is 24.3 Å². The average Bonchev–Trinajstić information content (AvgIpc) is 2.68. The Labute approximate surface area is 88.2 Å². The Kier molecular flexibility index (Phi) is 2.42. The predicted octanol–water partition coefficient (Wildman–Crippen LogP) is 2.04. The van der Waals surface area contributed by atoms with Gasteiger partial charge in [-0.3, -0.25) is 0 Å². The van der Waals surface area contributed by atoms with E-state index < -0.39 is 5.97 Å². The van der Waals surface area contributed by atoms with Gasteiger partial charge in [0.25, 0.3) is 5.82 Å². The van der Waals surface area contributed by atoms with Crippen LogP contribution in [0.5, 0.6) is 0 Å². The molecule has 1 N–H and O–H groups in total. The highest BCUT2D eigenvalue weighted by Gasteiger charge is 2.11. The van der Waals surface area contributed by atoms with Crippen molar-refractivity contribution in [1.29, 1.82) is 0 Å². The van der Waals surface area contributed by atoms with Gasteiger partial charge in [0.05, 0.1) is 0 Å². The van der Waals surface area contributed by atoms with Crippen molar-refractivity contribution < 1.29 is 14.3 Å². The van der Waals surface area contributed by atoms with Crippen LogP contribution < -0.4 is 0 Å². The van der Waals surface area contributed by atoms with Gasteiger partial charge in [-0.15, -0.1) is 0 Å².